The molecular formula is C22H17BrFN3O4. The average Bonchev–Trinajstić information content (AvgIpc) is 2.77. The van der Waals surface area contributed by atoms with Gasteiger partial charge in [0.1, 0.15) is 18.0 Å². The van der Waals surface area contributed by atoms with Crippen LogP contribution in [-0.4, -0.2) is 29.9 Å². The van der Waals surface area contributed by atoms with Gasteiger partial charge in [-0.3, -0.25) is 19.5 Å². The van der Waals surface area contributed by atoms with Gasteiger partial charge in [-0.2, -0.15) is 0 Å². The molecule has 2 amide bonds. The fourth-order valence-corrected chi connectivity index (χ4v) is 3.36. The number of anilines is 1. The van der Waals surface area contributed by atoms with E-state index in [0.29, 0.717) is 22.7 Å². The minimum atomic E-state index is -0.557. The lowest BCUT2D eigenvalue weighted by atomic mass is 10.2. The number of amides is 2. The monoisotopic (exact) mass is 485 g/mol. The van der Waals surface area contributed by atoms with Crippen LogP contribution in [0.3, 0.4) is 0 Å². The normalized spacial score (nSPS) is 12.7. The predicted octanol–water partition coefficient (Wildman–Crippen LogP) is 3.82. The maximum Gasteiger partial charge on any atom is 0.265 e. The summed E-state index contributed by atoms with van der Waals surface area (Å²) in [5.74, 6) is -0.241. The maximum absolute atomic E-state index is 14.4. The molecule has 4 rings (SSSR count). The van der Waals surface area contributed by atoms with Crippen LogP contribution in [0.1, 0.15) is 5.56 Å². The molecular weight excluding hydrogens is 469 g/mol. The van der Waals surface area contributed by atoms with E-state index in [1.165, 1.54) is 23.2 Å². The van der Waals surface area contributed by atoms with Crippen molar-refractivity contribution in [3.8, 4) is 17.2 Å². The van der Waals surface area contributed by atoms with Crippen molar-refractivity contribution in [3.05, 3.63) is 76.8 Å². The lowest BCUT2D eigenvalue weighted by molar-refractivity contribution is -0.125. The van der Waals surface area contributed by atoms with E-state index in [1.807, 2.05) is 0 Å². The largest absolute Gasteiger partial charge is 0.482 e. The van der Waals surface area contributed by atoms with E-state index < -0.39 is 5.82 Å². The zero-order chi connectivity index (χ0) is 21.8. The van der Waals surface area contributed by atoms with Crippen molar-refractivity contribution in [2.24, 2.45) is 0 Å². The van der Waals surface area contributed by atoms with Crippen LogP contribution in [0.4, 0.5) is 10.1 Å². The highest BCUT2D eigenvalue weighted by Gasteiger charge is 2.27. The van der Waals surface area contributed by atoms with Gasteiger partial charge in [-0.25, -0.2) is 4.39 Å². The third kappa shape index (κ3) is 5.00. The molecule has 158 valence electrons. The Morgan fingerprint density at radius 3 is 2.90 bits per heavy atom. The minimum Gasteiger partial charge on any atom is -0.482 e. The van der Waals surface area contributed by atoms with E-state index in [4.69, 9.17) is 9.47 Å². The number of carbonyl (C=O) groups excluding carboxylic acids is 2. The van der Waals surface area contributed by atoms with Crippen molar-refractivity contribution in [2.75, 3.05) is 18.1 Å². The first-order chi connectivity index (χ1) is 15.0. The van der Waals surface area contributed by atoms with Crippen LogP contribution >= 0.6 is 15.9 Å². The van der Waals surface area contributed by atoms with Crippen molar-refractivity contribution in [1.82, 2.24) is 10.3 Å². The number of rotatable bonds is 6. The Morgan fingerprint density at radius 2 is 2.13 bits per heavy atom. The number of ether oxygens (including phenoxy) is 2. The zero-order valence-corrected chi connectivity index (χ0v) is 17.8. The Bertz CT molecular complexity index is 1130. The van der Waals surface area contributed by atoms with Crippen molar-refractivity contribution in [3.63, 3.8) is 0 Å². The summed E-state index contributed by atoms with van der Waals surface area (Å²) in [7, 11) is 0. The summed E-state index contributed by atoms with van der Waals surface area (Å²) in [6, 6.07) is 13.0. The first-order valence-electron chi connectivity index (χ1n) is 9.35. The molecule has 2 heterocycles. The summed E-state index contributed by atoms with van der Waals surface area (Å²) in [6.45, 7) is -0.198. The SMILES string of the molecule is O=C(CN1C(=O)COc2cc(Br)ccc21)NCc1ccc(Oc2cccnc2)c(F)c1. The summed E-state index contributed by atoms with van der Waals surface area (Å²) in [6.07, 6.45) is 3.08. The summed E-state index contributed by atoms with van der Waals surface area (Å²) in [5, 5.41) is 2.70. The van der Waals surface area contributed by atoms with Gasteiger partial charge in [0, 0.05) is 17.2 Å². The molecule has 0 saturated heterocycles. The molecule has 0 aliphatic carbocycles. The first kappa shape index (κ1) is 20.8. The van der Waals surface area contributed by atoms with Crippen LogP contribution in [-0.2, 0) is 16.1 Å². The second-order valence-corrected chi connectivity index (χ2v) is 7.63. The van der Waals surface area contributed by atoms with Crippen molar-refractivity contribution >= 4 is 33.4 Å². The Morgan fingerprint density at radius 1 is 1.26 bits per heavy atom. The smallest absolute Gasteiger partial charge is 0.265 e. The molecule has 1 aromatic heterocycles. The second-order valence-electron chi connectivity index (χ2n) is 6.71. The van der Waals surface area contributed by atoms with Crippen molar-refractivity contribution in [1.29, 1.82) is 0 Å². The quantitative estimate of drug-likeness (QED) is 0.573. The number of aromatic nitrogens is 1. The lowest BCUT2D eigenvalue weighted by Gasteiger charge is -2.29. The summed E-state index contributed by atoms with van der Waals surface area (Å²) >= 11 is 3.35. The number of nitrogens with zero attached hydrogens (tertiary/aromatic N) is 2. The molecule has 3 aromatic rings. The Balaban J connectivity index is 1.37. The molecule has 0 radical (unpaired) electrons. The lowest BCUT2D eigenvalue weighted by Crippen LogP contribution is -2.45. The fourth-order valence-electron chi connectivity index (χ4n) is 3.02. The van der Waals surface area contributed by atoms with Crippen LogP contribution in [0, 0.1) is 5.82 Å². The molecule has 0 atom stereocenters. The van der Waals surface area contributed by atoms with E-state index in [-0.39, 0.29) is 37.3 Å². The molecule has 0 saturated carbocycles. The number of pyridine rings is 1. The van der Waals surface area contributed by atoms with Gasteiger partial charge in [-0.05, 0) is 48.0 Å². The van der Waals surface area contributed by atoms with Gasteiger partial charge < -0.3 is 14.8 Å². The van der Waals surface area contributed by atoms with Crippen LogP contribution in [0.25, 0.3) is 0 Å². The van der Waals surface area contributed by atoms with Crippen molar-refractivity contribution in [2.45, 2.75) is 6.54 Å². The minimum absolute atomic E-state index is 0.0600. The van der Waals surface area contributed by atoms with E-state index in [9.17, 15) is 14.0 Å². The number of halogens is 2. The van der Waals surface area contributed by atoms with E-state index in [0.717, 1.165) is 4.47 Å². The van der Waals surface area contributed by atoms with Crippen molar-refractivity contribution < 1.29 is 23.5 Å². The molecule has 0 fully saturated rings. The van der Waals surface area contributed by atoms with Gasteiger partial charge in [0.05, 0.1) is 11.9 Å². The average molecular weight is 486 g/mol. The number of nitrogens with one attached hydrogen (secondary N) is 1. The first-order valence-corrected chi connectivity index (χ1v) is 10.1. The van der Waals surface area contributed by atoms with E-state index in [2.05, 4.69) is 26.2 Å². The van der Waals surface area contributed by atoms with Crippen LogP contribution in [0.5, 0.6) is 17.2 Å². The number of hydrogen-bond donors (Lipinski definition) is 1. The van der Waals surface area contributed by atoms with Crippen LogP contribution in [0.15, 0.2) is 65.4 Å². The highest BCUT2D eigenvalue weighted by Crippen LogP contribution is 2.34. The summed E-state index contributed by atoms with van der Waals surface area (Å²) < 4.78 is 26.0. The molecule has 31 heavy (non-hydrogen) atoms. The standard InChI is InChI=1S/C22H17BrFN3O4/c23-15-4-5-18-20(9-15)30-13-22(29)27(18)12-21(28)26-10-14-3-6-19(17(24)8-14)31-16-2-1-7-25-11-16/h1-9,11H,10,12-13H2,(H,26,28). The molecule has 0 bridgehead atoms. The fraction of sp³-hybridized carbons (Fsp3) is 0.136. The summed E-state index contributed by atoms with van der Waals surface area (Å²) in [5.41, 5.74) is 1.08. The molecule has 0 unspecified atom stereocenters. The van der Waals surface area contributed by atoms with Gasteiger partial charge in [-0.15, -0.1) is 0 Å². The highest BCUT2D eigenvalue weighted by molar-refractivity contribution is 9.10. The van der Waals surface area contributed by atoms with E-state index in [1.54, 1.807) is 42.6 Å². The molecule has 0 spiro atoms. The van der Waals surface area contributed by atoms with Gasteiger partial charge in [0.2, 0.25) is 5.91 Å². The van der Waals surface area contributed by atoms with Gasteiger partial charge in [0.15, 0.2) is 18.2 Å². The Hall–Kier alpha value is -3.46. The maximum atomic E-state index is 14.4. The topological polar surface area (TPSA) is 80.8 Å². The number of hydrogen-bond acceptors (Lipinski definition) is 5. The molecule has 2 aromatic carbocycles. The number of benzene rings is 2. The van der Waals surface area contributed by atoms with Gasteiger partial charge in [0.25, 0.3) is 5.91 Å². The highest BCUT2D eigenvalue weighted by atomic mass is 79.9. The number of fused-ring (bicyclic) bond motifs is 1. The van der Waals surface area contributed by atoms with E-state index >= 15 is 0 Å². The third-order valence-electron chi connectivity index (χ3n) is 4.51. The zero-order valence-electron chi connectivity index (χ0n) is 16.2. The summed E-state index contributed by atoms with van der Waals surface area (Å²) in [4.78, 5) is 29.9. The molecule has 1 N–H and O–H groups in total. The predicted molar refractivity (Wildman–Crippen MR) is 115 cm³/mol. The second kappa shape index (κ2) is 9.13. The third-order valence-corrected chi connectivity index (χ3v) is 5.01. The van der Waals surface area contributed by atoms with Crippen LogP contribution < -0.4 is 19.7 Å². The molecule has 1 aliphatic heterocycles. The number of carbonyl (C=O) groups is 2. The Kier molecular flexibility index (Phi) is 6.13. The molecule has 1 aliphatic rings. The Labute approximate surface area is 185 Å². The van der Waals surface area contributed by atoms with Gasteiger partial charge in [-0.1, -0.05) is 22.0 Å². The van der Waals surface area contributed by atoms with Gasteiger partial charge >= 0.3 is 0 Å². The molecule has 9 heteroatoms. The van der Waals surface area contributed by atoms with Crippen LogP contribution in [0.2, 0.25) is 0 Å². The molecule has 7 nitrogen and oxygen atoms in total.